The number of imidazole rings is 1. The SMILES string of the molecule is CCCCCc1cn(-c2ccccc2C#N)c(=O)n1Cc1ccc(-c2ccccc2-c2nn[nH]n2)cc1. The molecule has 8 nitrogen and oxygen atoms in total. The largest absolute Gasteiger partial charge is 0.333 e. The quantitative estimate of drug-likeness (QED) is 0.289. The van der Waals surface area contributed by atoms with E-state index in [1.54, 1.807) is 10.6 Å². The molecule has 5 rings (SSSR count). The van der Waals surface area contributed by atoms with E-state index in [-0.39, 0.29) is 5.69 Å². The van der Waals surface area contributed by atoms with Gasteiger partial charge in [-0.15, -0.1) is 10.2 Å². The van der Waals surface area contributed by atoms with Gasteiger partial charge in [-0.2, -0.15) is 10.5 Å². The summed E-state index contributed by atoms with van der Waals surface area (Å²) in [5.41, 5.74) is 5.87. The third-order valence-corrected chi connectivity index (χ3v) is 6.50. The molecule has 0 atom stereocenters. The Balaban J connectivity index is 1.48. The van der Waals surface area contributed by atoms with Gasteiger partial charge in [0.25, 0.3) is 0 Å². The third kappa shape index (κ3) is 4.98. The fourth-order valence-corrected chi connectivity index (χ4v) is 4.58. The monoisotopic (exact) mass is 489 g/mol. The number of benzene rings is 3. The first kappa shape index (κ1) is 23.9. The van der Waals surface area contributed by atoms with Crippen LogP contribution in [0.1, 0.15) is 43.0 Å². The minimum atomic E-state index is -0.138. The predicted octanol–water partition coefficient (Wildman–Crippen LogP) is 5.14. The Hall–Kier alpha value is -4.77. The van der Waals surface area contributed by atoms with Gasteiger partial charge in [-0.25, -0.2) is 4.79 Å². The van der Waals surface area contributed by atoms with Crippen LogP contribution in [-0.4, -0.2) is 29.8 Å². The summed E-state index contributed by atoms with van der Waals surface area (Å²) in [5, 5.41) is 24.0. The maximum atomic E-state index is 13.6. The van der Waals surface area contributed by atoms with Crippen molar-refractivity contribution in [2.75, 3.05) is 0 Å². The van der Waals surface area contributed by atoms with Crippen LogP contribution in [0.3, 0.4) is 0 Å². The molecule has 0 bridgehead atoms. The molecule has 2 aromatic heterocycles. The summed E-state index contributed by atoms with van der Waals surface area (Å²) >= 11 is 0. The zero-order chi connectivity index (χ0) is 25.6. The van der Waals surface area contributed by atoms with Crippen molar-refractivity contribution in [1.29, 1.82) is 5.26 Å². The van der Waals surface area contributed by atoms with E-state index < -0.39 is 0 Å². The molecule has 2 heterocycles. The zero-order valence-corrected chi connectivity index (χ0v) is 20.6. The number of aryl methyl sites for hydroxylation is 1. The van der Waals surface area contributed by atoms with Gasteiger partial charge >= 0.3 is 5.69 Å². The number of hydrogen-bond donors (Lipinski definition) is 1. The maximum Gasteiger partial charge on any atom is 0.333 e. The first-order valence-corrected chi connectivity index (χ1v) is 12.4. The summed E-state index contributed by atoms with van der Waals surface area (Å²) in [5.74, 6) is 0.543. The second kappa shape index (κ2) is 10.9. The standard InChI is InChI=1S/C29H27N7O/c1-2-3-4-10-24-20-36(27-13-8-5-9-23(27)18-30)29(37)35(24)19-21-14-16-22(17-15-21)25-11-6-7-12-26(25)28-31-33-34-32-28/h5-9,11-17,20H,2-4,10,19H2,1H3,(H,31,32,33,34). The van der Waals surface area contributed by atoms with Crippen LogP contribution in [0, 0.1) is 11.3 Å². The van der Waals surface area contributed by atoms with Gasteiger partial charge in [-0.05, 0) is 46.9 Å². The van der Waals surface area contributed by atoms with E-state index in [0.29, 0.717) is 23.6 Å². The molecule has 0 aliphatic rings. The van der Waals surface area contributed by atoms with E-state index in [2.05, 4.69) is 45.7 Å². The number of aromatic nitrogens is 6. The van der Waals surface area contributed by atoms with Crippen LogP contribution in [0.25, 0.3) is 28.2 Å². The first-order chi connectivity index (χ1) is 18.2. The highest BCUT2D eigenvalue weighted by atomic mass is 16.1. The number of nitrogens with zero attached hydrogens (tertiary/aromatic N) is 6. The number of aromatic amines is 1. The summed E-state index contributed by atoms with van der Waals surface area (Å²) < 4.78 is 3.43. The zero-order valence-electron chi connectivity index (χ0n) is 20.6. The Kier molecular flexibility index (Phi) is 7.04. The Bertz CT molecular complexity index is 1590. The molecule has 0 saturated heterocycles. The summed E-state index contributed by atoms with van der Waals surface area (Å²) in [4.78, 5) is 13.6. The van der Waals surface area contributed by atoms with Crippen LogP contribution < -0.4 is 5.69 Å². The molecule has 1 N–H and O–H groups in total. The van der Waals surface area contributed by atoms with Crippen LogP contribution >= 0.6 is 0 Å². The molecule has 0 saturated carbocycles. The number of nitrogens with one attached hydrogen (secondary N) is 1. The van der Waals surface area contributed by atoms with Gasteiger partial charge in [-0.3, -0.25) is 9.13 Å². The van der Waals surface area contributed by atoms with Gasteiger partial charge in [0.15, 0.2) is 0 Å². The lowest BCUT2D eigenvalue weighted by atomic mass is 9.98. The fourth-order valence-electron chi connectivity index (χ4n) is 4.58. The topological polar surface area (TPSA) is 105 Å². The minimum absolute atomic E-state index is 0.138. The molecule has 3 aromatic carbocycles. The van der Waals surface area contributed by atoms with E-state index in [4.69, 9.17) is 0 Å². The highest BCUT2D eigenvalue weighted by molar-refractivity contribution is 5.80. The van der Waals surface area contributed by atoms with Crippen molar-refractivity contribution < 1.29 is 0 Å². The molecule has 37 heavy (non-hydrogen) atoms. The van der Waals surface area contributed by atoms with E-state index in [1.807, 2.05) is 65.4 Å². The molecule has 5 aromatic rings. The Morgan fingerprint density at radius 1 is 0.946 bits per heavy atom. The Labute approximate surface area is 214 Å². The second-order valence-electron chi connectivity index (χ2n) is 8.92. The molecule has 184 valence electrons. The molecular weight excluding hydrogens is 462 g/mol. The van der Waals surface area contributed by atoms with E-state index in [1.165, 1.54) is 0 Å². The van der Waals surface area contributed by atoms with Gasteiger partial charge in [0.2, 0.25) is 5.82 Å². The lowest BCUT2D eigenvalue weighted by Crippen LogP contribution is -2.25. The number of para-hydroxylation sites is 1. The van der Waals surface area contributed by atoms with Crippen molar-refractivity contribution in [2.24, 2.45) is 0 Å². The summed E-state index contributed by atoms with van der Waals surface area (Å²) in [6.45, 7) is 2.62. The number of hydrogen-bond acceptors (Lipinski definition) is 5. The van der Waals surface area contributed by atoms with Crippen LogP contribution in [-0.2, 0) is 13.0 Å². The number of rotatable bonds is 9. The molecule has 0 aliphatic carbocycles. The molecule has 0 fully saturated rings. The molecule has 0 unspecified atom stereocenters. The summed E-state index contributed by atoms with van der Waals surface area (Å²) in [7, 11) is 0. The third-order valence-electron chi connectivity index (χ3n) is 6.50. The molecule has 8 heteroatoms. The smallest absolute Gasteiger partial charge is 0.292 e. The van der Waals surface area contributed by atoms with Crippen LogP contribution in [0.5, 0.6) is 0 Å². The maximum absolute atomic E-state index is 13.6. The van der Waals surface area contributed by atoms with E-state index in [9.17, 15) is 10.1 Å². The minimum Gasteiger partial charge on any atom is -0.292 e. The number of H-pyrrole nitrogens is 1. The molecular formula is C29H27N7O. The van der Waals surface area contributed by atoms with Gasteiger partial charge in [0.1, 0.15) is 6.07 Å². The first-order valence-electron chi connectivity index (χ1n) is 12.4. The fraction of sp³-hybridized carbons (Fsp3) is 0.207. The molecule has 0 spiro atoms. The van der Waals surface area contributed by atoms with Crippen molar-refractivity contribution in [3.8, 4) is 34.3 Å². The van der Waals surface area contributed by atoms with Gasteiger partial charge in [0, 0.05) is 17.5 Å². The van der Waals surface area contributed by atoms with Crippen molar-refractivity contribution >= 4 is 0 Å². The number of tetrazole rings is 1. The molecule has 0 aliphatic heterocycles. The van der Waals surface area contributed by atoms with Gasteiger partial charge in [0.05, 0.1) is 17.8 Å². The van der Waals surface area contributed by atoms with Gasteiger partial charge < -0.3 is 0 Å². The lowest BCUT2D eigenvalue weighted by Gasteiger charge is -2.10. The van der Waals surface area contributed by atoms with Crippen LogP contribution in [0.2, 0.25) is 0 Å². The number of unbranched alkanes of at least 4 members (excludes halogenated alkanes) is 2. The average Bonchev–Trinajstić information content (AvgIpc) is 3.58. The Morgan fingerprint density at radius 2 is 1.70 bits per heavy atom. The van der Waals surface area contributed by atoms with E-state index >= 15 is 0 Å². The van der Waals surface area contributed by atoms with E-state index in [0.717, 1.165) is 53.6 Å². The summed E-state index contributed by atoms with van der Waals surface area (Å²) in [6, 6.07) is 25.6. The normalized spacial score (nSPS) is 10.9. The lowest BCUT2D eigenvalue weighted by molar-refractivity contribution is 0.653. The Morgan fingerprint density at radius 3 is 2.43 bits per heavy atom. The summed E-state index contributed by atoms with van der Waals surface area (Å²) in [6.07, 6.45) is 5.91. The van der Waals surface area contributed by atoms with Crippen molar-refractivity contribution in [1.82, 2.24) is 29.8 Å². The van der Waals surface area contributed by atoms with Crippen LogP contribution in [0.4, 0.5) is 0 Å². The predicted molar refractivity (Wildman–Crippen MR) is 142 cm³/mol. The molecule has 0 amide bonds. The highest BCUT2D eigenvalue weighted by Gasteiger charge is 2.16. The average molecular weight is 490 g/mol. The van der Waals surface area contributed by atoms with Crippen molar-refractivity contribution in [3.05, 3.63) is 106 Å². The van der Waals surface area contributed by atoms with Gasteiger partial charge in [-0.1, -0.05) is 80.4 Å². The second-order valence-corrected chi connectivity index (χ2v) is 8.92. The van der Waals surface area contributed by atoms with Crippen molar-refractivity contribution in [2.45, 2.75) is 39.2 Å². The number of nitriles is 1. The van der Waals surface area contributed by atoms with Crippen LogP contribution in [0.15, 0.2) is 83.8 Å². The van der Waals surface area contributed by atoms with Crippen molar-refractivity contribution in [3.63, 3.8) is 0 Å². The molecule has 0 radical (unpaired) electrons. The highest BCUT2D eigenvalue weighted by Crippen LogP contribution is 2.30.